The van der Waals surface area contributed by atoms with Gasteiger partial charge in [-0.05, 0) is 47.1 Å². The van der Waals surface area contributed by atoms with Crippen molar-refractivity contribution in [2.75, 3.05) is 19.5 Å². The summed E-state index contributed by atoms with van der Waals surface area (Å²) in [6.07, 6.45) is 4.31. The van der Waals surface area contributed by atoms with Gasteiger partial charge in [0.25, 0.3) is 0 Å². The number of benzene rings is 2. The molecule has 1 unspecified atom stereocenters. The maximum atomic E-state index is 13.6. The van der Waals surface area contributed by atoms with Gasteiger partial charge in [-0.1, -0.05) is 65.2 Å². The van der Waals surface area contributed by atoms with Crippen LogP contribution in [-0.4, -0.2) is 34.9 Å². The number of nitrogens with zero attached hydrogens (tertiary/aromatic N) is 1. The highest BCUT2D eigenvalue weighted by Crippen LogP contribution is 2.40. The molecule has 3 N–H and O–H groups in total. The van der Waals surface area contributed by atoms with Gasteiger partial charge >= 0.3 is 0 Å². The maximum absolute atomic E-state index is 13.6. The van der Waals surface area contributed by atoms with E-state index in [1.165, 1.54) is 16.7 Å². The quantitative estimate of drug-likeness (QED) is 0.224. The van der Waals surface area contributed by atoms with Crippen molar-refractivity contribution in [3.05, 3.63) is 65.2 Å². The topological polar surface area (TPSA) is 93.0 Å². The monoisotopic (exact) mass is 522 g/mol. The number of aromatic nitrogens is 1. The standard InChI is InChI=1S/C31H42N2O5/c1-7-8-9-11-22(30-25(37-5)12-10-13-26(30)38-6)19-27(34)32-24-18-21(14-15-23(24)31(2,3)4)20-33-28(35)16-17-29(33)36/h10,12-18,22,35-36H,7-9,11,19-20H2,1-6H3,(H,32,34). The highest BCUT2D eigenvalue weighted by Gasteiger charge is 2.25. The summed E-state index contributed by atoms with van der Waals surface area (Å²) in [7, 11) is 3.28. The number of ether oxygens (including phenoxy) is 2. The van der Waals surface area contributed by atoms with Crippen LogP contribution in [0.15, 0.2) is 48.5 Å². The van der Waals surface area contributed by atoms with Crippen molar-refractivity contribution < 1.29 is 24.5 Å². The molecule has 0 fully saturated rings. The minimum Gasteiger partial charge on any atom is -0.496 e. The molecule has 0 aliphatic carbocycles. The first kappa shape index (κ1) is 29.0. The summed E-state index contributed by atoms with van der Waals surface area (Å²) in [5.41, 5.74) is 3.30. The lowest BCUT2D eigenvalue weighted by Crippen LogP contribution is -2.21. The number of anilines is 1. The van der Waals surface area contributed by atoms with E-state index < -0.39 is 0 Å². The van der Waals surface area contributed by atoms with Crippen LogP contribution >= 0.6 is 0 Å². The first-order valence-electron chi connectivity index (χ1n) is 13.3. The SMILES string of the molecule is CCCCCC(CC(=O)Nc1cc(Cn2c(O)ccc2O)ccc1C(C)(C)C)c1c(OC)cccc1OC. The second-order valence-corrected chi connectivity index (χ2v) is 10.8. The van der Waals surface area contributed by atoms with E-state index in [0.29, 0.717) is 0 Å². The first-order chi connectivity index (χ1) is 18.1. The molecule has 0 aliphatic rings. The van der Waals surface area contributed by atoms with E-state index in [9.17, 15) is 15.0 Å². The van der Waals surface area contributed by atoms with Crippen LogP contribution in [0.4, 0.5) is 5.69 Å². The van der Waals surface area contributed by atoms with Gasteiger partial charge in [-0.3, -0.25) is 9.36 Å². The van der Waals surface area contributed by atoms with Gasteiger partial charge in [-0.2, -0.15) is 0 Å². The van der Waals surface area contributed by atoms with Crippen LogP contribution in [0.25, 0.3) is 0 Å². The largest absolute Gasteiger partial charge is 0.496 e. The molecular formula is C31H42N2O5. The van der Waals surface area contributed by atoms with Crippen LogP contribution in [0.1, 0.15) is 82.4 Å². The van der Waals surface area contributed by atoms with Gasteiger partial charge in [-0.25, -0.2) is 0 Å². The molecule has 0 radical (unpaired) electrons. The number of hydrogen-bond acceptors (Lipinski definition) is 5. The van der Waals surface area contributed by atoms with Crippen LogP contribution in [-0.2, 0) is 16.8 Å². The average Bonchev–Trinajstić information content (AvgIpc) is 3.19. The molecule has 38 heavy (non-hydrogen) atoms. The van der Waals surface area contributed by atoms with E-state index >= 15 is 0 Å². The maximum Gasteiger partial charge on any atom is 0.224 e. The molecular weight excluding hydrogens is 480 g/mol. The molecule has 0 saturated carbocycles. The molecule has 206 valence electrons. The summed E-state index contributed by atoms with van der Waals surface area (Å²) in [5, 5.41) is 23.3. The molecule has 3 rings (SSSR count). The van der Waals surface area contributed by atoms with Crippen molar-refractivity contribution in [1.29, 1.82) is 0 Å². The smallest absolute Gasteiger partial charge is 0.224 e. The molecule has 1 amide bonds. The summed E-state index contributed by atoms with van der Waals surface area (Å²) >= 11 is 0. The fraction of sp³-hybridized carbons (Fsp3) is 0.452. The van der Waals surface area contributed by atoms with Crippen molar-refractivity contribution >= 4 is 11.6 Å². The fourth-order valence-electron chi connectivity index (χ4n) is 4.93. The van der Waals surface area contributed by atoms with Crippen molar-refractivity contribution in [3.63, 3.8) is 0 Å². The van der Waals surface area contributed by atoms with Gasteiger partial charge in [0, 0.05) is 29.8 Å². The second kappa shape index (κ2) is 12.8. The first-order valence-corrected chi connectivity index (χ1v) is 13.3. The molecule has 1 atom stereocenters. The van der Waals surface area contributed by atoms with Gasteiger partial charge in [0.05, 0.1) is 20.8 Å². The Labute approximate surface area is 226 Å². The third-order valence-electron chi connectivity index (χ3n) is 6.90. The Morgan fingerprint density at radius 2 is 1.61 bits per heavy atom. The van der Waals surface area contributed by atoms with E-state index in [1.54, 1.807) is 14.2 Å². The Hall–Kier alpha value is -3.61. The van der Waals surface area contributed by atoms with Crippen molar-refractivity contribution in [3.8, 4) is 23.3 Å². The lowest BCUT2D eigenvalue weighted by atomic mass is 9.84. The van der Waals surface area contributed by atoms with Crippen LogP contribution in [0.3, 0.4) is 0 Å². The number of amides is 1. The van der Waals surface area contributed by atoms with Crippen molar-refractivity contribution in [2.24, 2.45) is 0 Å². The lowest BCUT2D eigenvalue weighted by Gasteiger charge is -2.25. The molecule has 7 heteroatoms. The predicted octanol–water partition coefficient (Wildman–Crippen LogP) is 6.96. The van der Waals surface area contributed by atoms with Crippen LogP contribution < -0.4 is 14.8 Å². The van der Waals surface area contributed by atoms with Gasteiger partial charge in [-0.15, -0.1) is 0 Å². The van der Waals surface area contributed by atoms with Crippen LogP contribution in [0.5, 0.6) is 23.3 Å². The van der Waals surface area contributed by atoms with Crippen LogP contribution in [0.2, 0.25) is 0 Å². The minimum atomic E-state index is -0.203. The Morgan fingerprint density at radius 1 is 0.974 bits per heavy atom. The normalized spacial score (nSPS) is 12.3. The second-order valence-electron chi connectivity index (χ2n) is 10.8. The lowest BCUT2D eigenvalue weighted by molar-refractivity contribution is -0.116. The van der Waals surface area contributed by atoms with Gasteiger partial charge < -0.3 is 25.0 Å². The Morgan fingerprint density at radius 3 is 2.16 bits per heavy atom. The third-order valence-corrected chi connectivity index (χ3v) is 6.90. The Balaban J connectivity index is 1.92. The van der Waals surface area contributed by atoms with E-state index in [4.69, 9.17) is 9.47 Å². The van der Waals surface area contributed by atoms with Crippen LogP contribution in [0, 0.1) is 0 Å². The number of rotatable bonds is 12. The molecule has 1 heterocycles. The highest BCUT2D eigenvalue weighted by atomic mass is 16.5. The highest BCUT2D eigenvalue weighted by molar-refractivity contribution is 5.92. The van der Waals surface area contributed by atoms with Crippen molar-refractivity contribution in [2.45, 2.75) is 77.7 Å². The zero-order chi connectivity index (χ0) is 27.9. The molecule has 1 aromatic heterocycles. The summed E-state index contributed by atoms with van der Waals surface area (Å²) in [6.45, 7) is 8.76. The van der Waals surface area contributed by atoms with Gasteiger partial charge in [0.15, 0.2) is 11.8 Å². The Bertz CT molecular complexity index is 1180. The van der Waals surface area contributed by atoms with E-state index in [-0.39, 0.29) is 42.0 Å². The summed E-state index contributed by atoms with van der Waals surface area (Å²) < 4.78 is 12.7. The zero-order valence-corrected chi connectivity index (χ0v) is 23.5. The zero-order valence-electron chi connectivity index (χ0n) is 23.5. The van der Waals surface area contributed by atoms with E-state index in [0.717, 1.165) is 59.6 Å². The number of methoxy groups -OCH3 is 2. The Kier molecular flexibility index (Phi) is 9.72. The third kappa shape index (κ3) is 7.03. The molecule has 0 saturated heterocycles. The summed E-state index contributed by atoms with van der Waals surface area (Å²) in [5.74, 6) is 1.25. The molecule has 0 bridgehead atoms. The fourth-order valence-corrected chi connectivity index (χ4v) is 4.93. The summed E-state index contributed by atoms with van der Waals surface area (Å²) in [6, 6.07) is 14.5. The van der Waals surface area contributed by atoms with Gasteiger partial charge in [0.1, 0.15) is 11.5 Å². The van der Waals surface area contributed by atoms with Gasteiger partial charge in [0.2, 0.25) is 5.91 Å². The number of hydrogen-bond donors (Lipinski definition) is 3. The van der Waals surface area contributed by atoms with E-state index in [1.807, 2.05) is 36.4 Å². The number of aromatic hydroxyl groups is 2. The molecule has 0 spiro atoms. The van der Waals surface area contributed by atoms with Crippen molar-refractivity contribution in [1.82, 2.24) is 4.57 Å². The number of nitrogens with one attached hydrogen (secondary N) is 1. The average molecular weight is 523 g/mol. The number of carbonyl (C=O) groups is 1. The predicted molar refractivity (Wildman–Crippen MR) is 152 cm³/mol. The molecule has 7 nitrogen and oxygen atoms in total. The van der Waals surface area contributed by atoms with E-state index in [2.05, 4.69) is 33.0 Å². The minimum absolute atomic E-state index is 0.0198. The number of carbonyl (C=O) groups excluding carboxylic acids is 1. The summed E-state index contributed by atoms with van der Waals surface area (Å²) in [4.78, 5) is 13.6. The number of unbranched alkanes of at least 4 members (excludes halogenated alkanes) is 2. The molecule has 0 aliphatic heterocycles. The molecule has 3 aromatic rings. The molecule has 2 aromatic carbocycles.